The van der Waals surface area contributed by atoms with Crippen LogP contribution in [0.3, 0.4) is 0 Å². The number of phenolic OH excluding ortho intramolecular Hbond substituents is 4. The van der Waals surface area contributed by atoms with Crippen molar-refractivity contribution in [3.05, 3.63) is 64.3 Å². The van der Waals surface area contributed by atoms with Gasteiger partial charge in [0.1, 0.15) is 51.8 Å². The van der Waals surface area contributed by atoms with Crippen LogP contribution in [0.4, 0.5) is 0 Å². The van der Waals surface area contributed by atoms with Gasteiger partial charge in [0.15, 0.2) is 5.78 Å². The van der Waals surface area contributed by atoms with E-state index in [0.717, 1.165) is 24.1 Å². The Morgan fingerprint density at radius 2 is 1.78 bits per heavy atom. The Labute approximate surface area is 217 Å². The van der Waals surface area contributed by atoms with Gasteiger partial charge in [0.2, 0.25) is 0 Å². The molecule has 0 aromatic heterocycles. The predicted molar refractivity (Wildman–Crippen MR) is 142 cm³/mol. The van der Waals surface area contributed by atoms with Gasteiger partial charge in [0, 0.05) is 17.7 Å². The van der Waals surface area contributed by atoms with Gasteiger partial charge in [-0.3, -0.25) is 4.79 Å². The number of Topliss-reactive ketones (excluding diaryl/α,β-unsaturated/α-hetero) is 1. The van der Waals surface area contributed by atoms with Crippen LogP contribution in [0.25, 0.3) is 6.08 Å². The van der Waals surface area contributed by atoms with Crippen molar-refractivity contribution in [2.75, 3.05) is 0 Å². The number of allylic oxidation sites excluding steroid dienone is 3. The Morgan fingerprint density at radius 3 is 2.38 bits per heavy atom. The quantitative estimate of drug-likeness (QED) is 0.331. The first-order chi connectivity index (χ1) is 17.3. The molecule has 196 valence electrons. The van der Waals surface area contributed by atoms with Crippen LogP contribution >= 0.6 is 0 Å². The monoisotopic (exact) mass is 506 g/mol. The lowest BCUT2D eigenvalue weighted by Gasteiger charge is -2.35. The fourth-order valence-electron chi connectivity index (χ4n) is 4.82. The SMILES string of the molecule is C=C(C)[C@H](CC=C(C)C)Cc1c(O)c2c(c3c1OC(C)(C)C=C3)O[C@H](c1c(O)cc(O)cc1O)CC2=O. The number of ether oxygens (including phenoxy) is 2. The number of hydrogen-bond donors (Lipinski definition) is 4. The van der Waals surface area contributed by atoms with Crippen LogP contribution in [-0.4, -0.2) is 31.8 Å². The first kappa shape index (κ1) is 26.2. The first-order valence-electron chi connectivity index (χ1n) is 12.3. The maximum Gasteiger partial charge on any atom is 0.174 e. The number of aromatic hydroxyl groups is 4. The molecule has 0 fully saturated rings. The van der Waals surface area contributed by atoms with Gasteiger partial charge < -0.3 is 29.9 Å². The molecule has 4 rings (SSSR count). The third-order valence-electron chi connectivity index (χ3n) is 6.84. The number of hydrogen-bond acceptors (Lipinski definition) is 7. The van der Waals surface area contributed by atoms with Crippen LogP contribution in [-0.2, 0) is 6.42 Å². The summed E-state index contributed by atoms with van der Waals surface area (Å²) >= 11 is 0. The van der Waals surface area contributed by atoms with Crippen molar-refractivity contribution in [3.8, 4) is 34.5 Å². The van der Waals surface area contributed by atoms with Gasteiger partial charge in [-0.1, -0.05) is 23.8 Å². The van der Waals surface area contributed by atoms with E-state index in [-0.39, 0.29) is 40.7 Å². The minimum atomic E-state index is -1.03. The van der Waals surface area contributed by atoms with E-state index in [1.807, 2.05) is 46.8 Å². The Morgan fingerprint density at radius 1 is 1.14 bits per heavy atom. The Bertz CT molecular complexity index is 1320. The highest BCUT2D eigenvalue weighted by Gasteiger charge is 2.40. The summed E-state index contributed by atoms with van der Waals surface area (Å²) in [5.74, 6) is -1.12. The molecule has 4 N–H and O–H groups in total. The maximum atomic E-state index is 13.4. The van der Waals surface area contributed by atoms with Crippen molar-refractivity contribution in [1.82, 2.24) is 0 Å². The van der Waals surface area contributed by atoms with Crippen LogP contribution in [0.15, 0.2) is 42.0 Å². The molecule has 37 heavy (non-hydrogen) atoms. The summed E-state index contributed by atoms with van der Waals surface area (Å²) in [6.45, 7) is 13.9. The van der Waals surface area contributed by atoms with Gasteiger partial charge in [-0.15, -0.1) is 0 Å². The Kier molecular flexibility index (Phi) is 6.76. The number of benzene rings is 2. The number of carbonyl (C=O) groups is 1. The molecule has 2 heterocycles. The van der Waals surface area contributed by atoms with Gasteiger partial charge >= 0.3 is 0 Å². The lowest BCUT2D eigenvalue weighted by Crippen LogP contribution is -2.30. The number of rotatable bonds is 6. The predicted octanol–water partition coefficient (Wildman–Crippen LogP) is 6.49. The van der Waals surface area contributed by atoms with E-state index in [1.54, 1.807) is 0 Å². The van der Waals surface area contributed by atoms with E-state index in [4.69, 9.17) is 9.47 Å². The van der Waals surface area contributed by atoms with Crippen molar-refractivity contribution >= 4 is 11.9 Å². The largest absolute Gasteiger partial charge is 0.508 e. The minimum Gasteiger partial charge on any atom is -0.508 e. The van der Waals surface area contributed by atoms with Crippen LogP contribution in [0.5, 0.6) is 34.5 Å². The molecule has 0 spiro atoms. The molecule has 2 aromatic rings. The lowest BCUT2D eigenvalue weighted by atomic mass is 9.84. The van der Waals surface area contributed by atoms with E-state index in [2.05, 4.69) is 12.7 Å². The van der Waals surface area contributed by atoms with Crippen LogP contribution in [0, 0.1) is 5.92 Å². The van der Waals surface area contributed by atoms with E-state index < -0.39 is 29.0 Å². The molecule has 0 radical (unpaired) electrons. The summed E-state index contributed by atoms with van der Waals surface area (Å²) in [7, 11) is 0. The van der Waals surface area contributed by atoms with Gasteiger partial charge in [0.25, 0.3) is 0 Å². The highest BCUT2D eigenvalue weighted by Crippen LogP contribution is 2.53. The second kappa shape index (κ2) is 9.54. The van der Waals surface area contributed by atoms with Gasteiger partial charge in [0.05, 0.1) is 17.5 Å². The number of carbonyl (C=O) groups excluding carboxylic acids is 1. The average Bonchev–Trinajstić information content (AvgIpc) is 2.76. The molecule has 2 aliphatic heterocycles. The molecule has 2 aliphatic rings. The van der Waals surface area contributed by atoms with Gasteiger partial charge in [-0.2, -0.15) is 0 Å². The van der Waals surface area contributed by atoms with E-state index in [9.17, 15) is 25.2 Å². The molecule has 7 heteroatoms. The molecule has 2 aromatic carbocycles. The highest BCUT2D eigenvalue weighted by molar-refractivity contribution is 6.05. The molecule has 0 saturated carbocycles. The Hall–Kier alpha value is -3.87. The number of ketones is 1. The molecular weight excluding hydrogens is 472 g/mol. The summed E-state index contributed by atoms with van der Waals surface area (Å²) in [6, 6.07) is 2.15. The van der Waals surface area contributed by atoms with E-state index in [0.29, 0.717) is 23.3 Å². The van der Waals surface area contributed by atoms with Crippen molar-refractivity contribution in [2.45, 2.75) is 65.6 Å². The number of phenols is 4. The fourth-order valence-corrected chi connectivity index (χ4v) is 4.82. The fraction of sp³-hybridized carbons (Fsp3) is 0.367. The van der Waals surface area contributed by atoms with Crippen LogP contribution < -0.4 is 9.47 Å². The van der Waals surface area contributed by atoms with Crippen molar-refractivity contribution in [3.63, 3.8) is 0 Å². The summed E-state index contributed by atoms with van der Waals surface area (Å²) in [5.41, 5.74) is 2.55. The number of fused-ring (bicyclic) bond motifs is 3. The van der Waals surface area contributed by atoms with E-state index >= 15 is 0 Å². The van der Waals surface area contributed by atoms with Crippen LogP contribution in [0.1, 0.15) is 80.6 Å². The van der Waals surface area contributed by atoms with Crippen molar-refractivity contribution in [2.24, 2.45) is 5.92 Å². The summed E-state index contributed by atoms with van der Waals surface area (Å²) < 4.78 is 12.5. The zero-order valence-corrected chi connectivity index (χ0v) is 21.9. The second-order valence-corrected chi connectivity index (χ2v) is 10.7. The maximum absolute atomic E-state index is 13.4. The summed E-state index contributed by atoms with van der Waals surface area (Å²) in [5, 5.41) is 41.9. The molecule has 0 aliphatic carbocycles. The third-order valence-corrected chi connectivity index (χ3v) is 6.84. The molecular formula is C30H34O7. The van der Waals surface area contributed by atoms with E-state index in [1.165, 1.54) is 5.57 Å². The molecule has 0 amide bonds. The molecule has 0 unspecified atom stereocenters. The third kappa shape index (κ3) is 5.03. The average molecular weight is 507 g/mol. The van der Waals surface area contributed by atoms with Crippen LogP contribution in [0.2, 0.25) is 0 Å². The smallest absolute Gasteiger partial charge is 0.174 e. The van der Waals surface area contributed by atoms with Gasteiger partial charge in [-0.25, -0.2) is 0 Å². The molecule has 7 nitrogen and oxygen atoms in total. The van der Waals surface area contributed by atoms with Crippen molar-refractivity contribution < 1.29 is 34.7 Å². The molecule has 2 atom stereocenters. The topological polar surface area (TPSA) is 116 Å². The minimum absolute atomic E-state index is 0.0128. The first-order valence-corrected chi connectivity index (χ1v) is 12.3. The molecule has 0 saturated heterocycles. The Balaban J connectivity index is 1.87. The lowest BCUT2D eigenvalue weighted by molar-refractivity contribution is 0.0834. The second-order valence-electron chi connectivity index (χ2n) is 10.7. The summed E-state index contributed by atoms with van der Waals surface area (Å²) in [4.78, 5) is 13.4. The van der Waals surface area contributed by atoms with Crippen molar-refractivity contribution in [1.29, 1.82) is 0 Å². The summed E-state index contributed by atoms with van der Waals surface area (Å²) in [6.07, 6.45) is 5.69. The zero-order valence-electron chi connectivity index (χ0n) is 21.9. The highest BCUT2D eigenvalue weighted by atomic mass is 16.5. The zero-order chi connectivity index (χ0) is 27.2. The van der Waals surface area contributed by atoms with Gasteiger partial charge in [-0.05, 0) is 65.5 Å². The normalized spacial score (nSPS) is 18.2. The standard InChI is InChI=1S/C30H34O7/c1-15(2)7-8-17(16(3)4)11-20-27(35)26-23(34)14-24(25-21(32)12-18(31)13-22(25)33)36-29(26)19-9-10-30(5,6)37-28(19)20/h7,9-10,12-13,17,24,31-33,35H,3,8,11,14H2,1-2,4-6H3/t17-,24+/m1/s1. The molecule has 0 bridgehead atoms.